The zero-order valence-corrected chi connectivity index (χ0v) is 14.6. The third-order valence-electron chi connectivity index (χ3n) is 3.94. The lowest BCUT2D eigenvalue weighted by Crippen LogP contribution is -2.28. The number of halogens is 1. The molecule has 1 amide bonds. The molecule has 2 aliphatic rings. The molecule has 0 radical (unpaired) electrons. The van der Waals surface area contributed by atoms with Crippen LogP contribution in [0.1, 0.15) is 16.5 Å². The Morgan fingerprint density at radius 3 is 2.83 bits per heavy atom. The molecule has 0 bridgehead atoms. The minimum atomic E-state index is -0.0752. The van der Waals surface area contributed by atoms with Gasteiger partial charge in [0.25, 0.3) is 0 Å². The lowest BCUT2D eigenvalue weighted by Gasteiger charge is -2.26. The number of carbonyl (C=O) groups excluding carboxylic acids is 1. The van der Waals surface area contributed by atoms with E-state index in [1.807, 2.05) is 47.4 Å². The van der Waals surface area contributed by atoms with Crippen LogP contribution in [-0.2, 0) is 11.3 Å². The van der Waals surface area contributed by atoms with Gasteiger partial charge in [-0.2, -0.15) is 0 Å². The highest BCUT2D eigenvalue weighted by Crippen LogP contribution is 2.50. The third kappa shape index (κ3) is 2.70. The monoisotopic (exact) mass is 391 g/mol. The maximum absolute atomic E-state index is 12.4. The summed E-state index contributed by atoms with van der Waals surface area (Å²) in [5, 5.41) is -0.0752. The van der Waals surface area contributed by atoms with Gasteiger partial charge in [-0.1, -0.05) is 46.3 Å². The predicted octanol–water partition coefficient (Wildman–Crippen LogP) is 3.95. The maximum atomic E-state index is 12.4. The van der Waals surface area contributed by atoms with Gasteiger partial charge in [0.05, 0.1) is 5.75 Å². The van der Waals surface area contributed by atoms with Crippen LogP contribution in [0.3, 0.4) is 0 Å². The van der Waals surface area contributed by atoms with Crippen molar-refractivity contribution in [2.75, 3.05) is 12.5 Å². The van der Waals surface area contributed by atoms with Crippen LogP contribution < -0.4 is 9.47 Å². The lowest BCUT2D eigenvalue weighted by molar-refractivity contribution is -0.128. The van der Waals surface area contributed by atoms with Gasteiger partial charge in [0, 0.05) is 16.6 Å². The molecule has 0 aromatic heterocycles. The second-order valence-electron chi connectivity index (χ2n) is 5.37. The number of carbonyl (C=O) groups is 1. The van der Waals surface area contributed by atoms with Crippen molar-refractivity contribution in [2.45, 2.75) is 11.9 Å². The highest BCUT2D eigenvalue weighted by atomic mass is 79.9. The number of ether oxygens (including phenoxy) is 2. The van der Waals surface area contributed by atoms with Crippen molar-refractivity contribution in [1.82, 2.24) is 4.90 Å². The van der Waals surface area contributed by atoms with Gasteiger partial charge in [0.2, 0.25) is 12.7 Å². The molecule has 23 heavy (non-hydrogen) atoms. The molecular formula is C17H14BrNO3S. The lowest BCUT2D eigenvalue weighted by atomic mass is 10.1. The summed E-state index contributed by atoms with van der Waals surface area (Å²) in [4.78, 5) is 14.3. The molecule has 2 aromatic rings. The first-order valence-electron chi connectivity index (χ1n) is 7.27. The van der Waals surface area contributed by atoms with E-state index in [0.717, 1.165) is 27.1 Å². The van der Waals surface area contributed by atoms with E-state index < -0.39 is 0 Å². The number of benzene rings is 2. The maximum Gasteiger partial charge on any atom is 0.234 e. The Morgan fingerprint density at radius 2 is 2.00 bits per heavy atom. The van der Waals surface area contributed by atoms with Crippen LogP contribution in [0.25, 0.3) is 0 Å². The van der Waals surface area contributed by atoms with Gasteiger partial charge >= 0.3 is 0 Å². The van der Waals surface area contributed by atoms with Gasteiger partial charge in [-0.15, -0.1) is 11.8 Å². The molecule has 0 spiro atoms. The molecule has 1 fully saturated rings. The molecule has 0 saturated carbocycles. The van der Waals surface area contributed by atoms with Crippen LogP contribution in [0.5, 0.6) is 11.5 Å². The Labute approximate surface area is 146 Å². The van der Waals surface area contributed by atoms with Crippen LogP contribution >= 0.6 is 27.7 Å². The van der Waals surface area contributed by atoms with Crippen molar-refractivity contribution in [2.24, 2.45) is 0 Å². The topological polar surface area (TPSA) is 38.8 Å². The number of fused-ring (bicyclic) bond motifs is 1. The highest BCUT2D eigenvalue weighted by molar-refractivity contribution is 9.10. The van der Waals surface area contributed by atoms with Crippen molar-refractivity contribution in [3.05, 3.63) is 58.1 Å². The standard InChI is InChI=1S/C17H14BrNO3S/c18-12-6-7-13-16(22-10-21-13)15(12)17-19(14(20)9-23-17)8-11-4-2-1-3-5-11/h1-7,17H,8-10H2. The van der Waals surface area contributed by atoms with Crippen LogP contribution in [0.4, 0.5) is 0 Å². The summed E-state index contributed by atoms with van der Waals surface area (Å²) in [5.41, 5.74) is 2.10. The zero-order valence-electron chi connectivity index (χ0n) is 12.2. The van der Waals surface area contributed by atoms with E-state index in [4.69, 9.17) is 9.47 Å². The first-order valence-corrected chi connectivity index (χ1v) is 9.11. The summed E-state index contributed by atoms with van der Waals surface area (Å²) in [5.74, 6) is 2.11. The van der Waals surface area contributed by atoms with E-state index in [1.54, 1.807) is 11.8 Å². The van der Waals surface area contributed by atoms with Gasteiger partial charge in [-0.3, -0.25) is 4.79 Å². The van der Waals surface area contributed by atoms with Crippen molar-refractivity contribution in [3.8, 4) is 11.5 Å². The number of nitrogens with zero attached hydrogens (tertiary/aromatic N) is 1. The number of hydrogen-bond donors (Lipinski definition) is 0. The fourth-order valence-corrected chi connectivity index (χ4v) is 4.76. The van der Waals surface area contributed by atoms with E-state index in [0.29, 0.717) is 12.3 Å². The molecule has 2 heterocycles. The Morgan fingerprint density at radius 1 is 1.17 bits per heavy atom. The summed E-state index contributed by atoms with van der Waals surface area (Å²) in [7, 11) is 0. The average Bonchev–Trinajstić information content (AvgIpc) is 3.17. The largest absolute Gasteiger partial charge is 0.454 e. The Balaban J connectivity index is 1.71. The number of amides is 1. The molecule has 4 nitrogen and oxygen atoms in total. The highest BCUT2D eigenvalue weighted by Gasteiger charge is 2.37. The second kappa shape index (κ2) is 6.09. The van der Waals surface area contributed by atoms with Gasteiger partial charge in [-0.25, -0.2) is 0 Å². The van der Waals surface area contributed by atoms with E-state index in [-0.39, 0.29) is 18.1 Å². The van der Waals surface area contributed by atoms with Crippen LogP contribution in [0.15, 0.2) is 46.9 Å². The predicted molar refractivity (Wildman–Crippen MR) is 92.5 cm³/mol. The quantitative estimate of drug-likeness (QED) is 0.793. The first kappa shape index (κ1) is 14.9. The van der Waals surface area contributed by atoms with Crippen molar-refractivity contribution in [3.63, 3.8) is 0 Å². The van der Waals surface area contributed by atoms with Crippen molar-refractivity contribution >= 4 is 33.6 Å². The van der Waals surface area contributed by atoms with Gasteiger partial charge in [0.1, 0.15) is 5.37 Å². The zero-order chi connectivity index (χ0) is 15.8. The Bertz CT molecular complexity index is 753. The SMILES string of the molecule is O=C1CSC(c2c(Br)ccc3c2OCO3)N1Cc1ccccc1. The van der Waals surface area contributed by atoms with Gasteiger partial charge < -0.3 is 14.4 Å². The molecule has 1 unspecified atom stereocenters. The molecule has 6 heteroatoms. The molecule has 0 aliphatic carbocycles. The molecule has 2 aromatic carbocycles. The van der Waals surface area contributed by atoms with Crippen LogP contribution in [0, 0.1) is 0 Å². The normalized spacial score (nSPS) is 19.4. The third-order valence-corrected chi connectivity index (χ3v) is 5.85. The van der Waals surface area contributed by atoms with E-state index in [1.165, 1.54) is 0 Å². The van der Waals surface area contributed by atoms with Crippen molar-refractivity contribution in [1.29, 1.82) is 0 Å². The number of rotatable bonds is 3. The van der Waals surface area contributed by atoms with Gasteiger partial charge in [-0.05, 0) is 17.7 Å². The summed E-state index contributed by atoms with van der Waals surface area (Å²) < 4.78 is 12.1. The Kier molecular flexibility index (Phi) is 3.95. The van der Waals surface area contributed by atoms with Gasteiger partial charge in [0.15, 0.2) is 11.5 Å². The molecule has 1 atom stereocenters. The summed E-state index contributed by atoms with van der Waals surface area (Å²) in [6.07, 6.45) is 0. The van der Waals surface area contributed by atoms with Crippen LogP contribution in [-0.4, -0.2) is 23.4 Å². The van der Waals surface area contributed by atoms with E-state index in [9.17, 15) is 4.79 Å². The minimum Gasteiger partial charge on any atom is -0.454 e. The van der Waals surface area contributed by atoms with E-state index >= 15 is 0 Å². The summed E-state index contributed by atoms with van der Waals surface area (Å²) in [6, 6.07) is 13.9. The fraction of sp³-hybridized carbons (Fsp3) is 0.235. The molecular weight excluding hydrogens is 378 g/mol. The van der Waals surface area contributed by atoms with E-state index in [2.05, 4.69) is 15.9 Å². The summed E-state index contributed by atoms with van der Waals surface area (Å²) in [6.45, 7) is 0.817. The molecule has 1 saturated heterocycles. The summed E-state index contributed by atoms with van der Waals surface area (Å²) >= 11 is 5.23. The smallest absolute Gasteiger partial charge is 0.234 e. The number of thioether (sulfide) groups is 1. The Hall–Kier alpha value is -1.66. The molecule has 2 aliphatic heterocycles. The van der Waals surface area contributed by atoms with Crippen LogP contribution in [0.2, 0.25) is 0 Å². The molecule has 4 rings (SSSR count). The molecule has 0 N–H and O–H groups in total. The minimum absolute atomic E-state index is 0.0752. The molecule has 118 valence electrons. The fourth-order valence-electron chi connectivity index (χ4n) is 2.84. The second-order valence-corrected chi connectivity index (χ2v) is 7.29. The first-order chi connectivity index (χ1) is 11.2. The van der Waals surface area contributed by atoms with Crippen molar-refractivity contribution < 1.29 is 14.3 Å². The average molecular weight is 392 g/mol. The number of hydrogen-bond acceptors (Lipinski definition) is 4.